The number of carbonyl (C=O) groups is 1. The Morgan fingerprint density at radius 2 is 1.90 bits per heavy atom. The van der Waals surface area contributed by atoms with Gasteiger partial charge in [0.2, 0.25) is 11.7 Å². The molecule has 0 aliphatic rings. The van der Waals surface area contributed by atoms with Crippen molar-refractivity contribution in [3.63, 3.8) is 0 Å². The number of carboxylic acids is 1. The first-order valence-corrected chi connectivity index (χ1v) is 5.73. The zero-order valence-electron chi connectivity index (χ0n) is 10.4. The summed E-state index contributed by atoms with van der Waals surface area (Å²) in [7, 11) is 0. The zero-order valence-corrected chi connectivity index (χ0v) is 10.4. The molecule has 0 bridgehead atoms. The van der Waals surface area contributed by atoms with Crippen LogP contribution < -0.4 is 0 Å². The van der Waals surface area contributed by atoms with Crippen LogP contribution in [0, 0.1) is 0 Å². The number of aromatic carboxylic acids is 1. The van der Waals surface area contributed by atoms with Crippen molar-refractivity contribution in [1.82, 2.24) is 4.98 Å². The monoisotopic (exact) mass is 285 g/mol. The van der Waals surface area contributed by atoms with Gasteiger partial charge in [-0.25, -0.2) is 9.78 Å². The number of oxazole rings is 1. The second-order valence-electron chi connectivity index (χ2n) is 4.03. The maximum absolute atomic E-state index is 12.4. The number of benzene rings is 1. The first kappa shape index (κ1) is 14.1. The first-order valence-electron chi connectivity index (χ1n) is 5.73. The van der Waals surface area contributed by atoms with Crippen molar-refractivity contribution in [2.45, 2.75) is 19.5 Å². The summed E-state index contributed by atoms with van der Waals surface area (Å²) in [6.07, 6.45) is -4.07. The van der Waals surface area contributed by atoms with Crippen molar-refractivity contribution in [2.75, 3.05) is 0 Å². The topological polar surface area (TPSA) is 63.3 Å². The van der Waals surface area contributed by atoms with Gasteiger partial charge in [0.15, 0.2) is 0 Å². The summed E-state index contributed by atoms with van der Waals surface area (Å²) in [5, 5.41) is 8.93. The molecule has 20 heavy (non-hydrogen) atoms. The number of carboxylic acid groups (broad SMARTS) is 1. The van der Waals surface area contributed by atoms with Gasteiger partial charge in [0.05, 0.1) is 11.3 Å². The molecule has 0 saturated heterocycles. The van der Waals surface area contributed by atoms with Crippen LogP contribution in [0.2, 0.25) is 0 Å². The molecule has 0 saturated carbocycles. The molecule has 106 valence electrons. The SMILES string of the molecule is CCc1nc(-c2ccc(C(F)(F)F)cc2)oc1C(=O)O. The van der Waals surface area contributed by atoms with Gasteiger partial charge in [0, 0.05) is 5.56 Å². The molecule has 1 heterocycles. The Morgan fingerprint density at radius 1 is 1.30 bits per heavy atom. The molecule has 4 nitrogen and oxygen atoms in total. The molecular formula is C13H10F3NO3. The van der Waals surface area contributed by atoms with Crippen LogP contribution >= 0.6 is 0 Å². The van der Waals surface area contributed by atoms with Gasteiger partial charge in [-0.15, -0.1) is 0 Å². The number of hydrogen-bond acceptors (Lipinski definition) is 3. The van der Waals surface area contributed by atoms with Crippen molar-refractivity contribution in [3.05, 3.63) is 41.3 Å². The largest absolute Gasteiger partial charge is 0.475 e. The summed E-state index contributed by atoms with van der Waals surface area (Å²) in [5.41, 5.74) is -0.241. The minimum Gasteiger partial charge on any atom is -0.475 e. The van der Waals surface area contributed by atoms with E-state index >= 15 is 0 Å². The molecule has 0 spiro atoms. The van der Waals surface area contributed by atoms with E-state index in [0.29, 0.717) is 12.0 Å². The Hall–Kier alpha value is -2.31. The second kappa shape index (κ2) is 4.99. The van der Waals surface area contributed by atoms with Gasteiger partial charge in [-0.2, -0.15) is 13.2 Å². The van der Waals surface area contributed by atoms with E-state index in [4.69, 9.17) is 9.52 Å². The van der Waals surface area contributed by atoms with E-state index in [0.717, 1.165) is 12.1 Å². The maximum Gasteiger partial charge on any atom is 0.416 e. The Labute approximate surface area is 111 Å². The van der Waals surface area contributed by atoms with Gasteiger partial charge < -0.3 is 9.52 Å². The lowest BCUT2D eigenvalue weighted by molar-refractivity contribution is -0.137. The highest BCUT2D eigenvalue weighted by Gasteiger charge is 2.30. The quantitative estimate of drug-likeness (QED) is 0.935. The fraction of sp³-hybridized carbons (Fsp3) is 0.231. The van der Waals surface area contributed by atoms with Gasteiger partial charge in [0.1, 0.15) is 0 Å². The summed E-state index contributed by atoms with van der Waals surface area (Å²) < 4.78 is 42.4. The third-order valence-corrected chi connectivity index (χ3v) is 2.69. The molecule has 0 amide bonds. The normalized spacial score (nSPS) is 11.6. The van der Waals surface area contributed by atoms with E-state index in [-0.39, 0.29) is 17.3 Å². The lowest BCUT2D eigenvalue weighted by Gasteiger charge is -2.05. The summed E-state index contributed by atoms with van der Waals surface area (Å²) in [4.78, 5) is 14.9. The van der Waals surface area contributed by atoms with Crippen molar-refractivity contribution in [1.29, 1.82) is 0 Å². The van der Waals surface area contributed by atoms with Crippen LogP contribution in [0.1, 0.15) is 28.7 Å². The smallest absolute Gasteiger partial charge is 0.416 e. The lowest BCUT2D eigenvalue weighted by Crippen LogP contribution is -2.03. The number of halogens is 3. The predicted molar refractivity (Wildman–Crippen MR) is 63.3 cm³/mol. The molecule has 0 fully saturated rings. The van der Waals surface area contributed by atoms with Crippen LogP contribution in [-0.2, 0) is 12.6 Å². The molecule has 1 aromatic carbocycles. The molecule has 2 aromatic rings. The second-order valence-corrected chi connectivity index (χ2v) is 4.03. The highest BCUT2D eigenvalue weighted by atomic mass is 19.4. The number of nitrogens with zero attached hydrogens (tertiary/aromatic N) is 1. The summed E-state index contributed by atoms with van der Waals surface area (Å²) >= 11 is 0. The molecule has 7 heteroatoms. The summed E-state index contributed by atoms with van der Waals surface area (Å²) in [6, 6.07) is 4.18. The molecule has 0 aliphatic carbocycles. The highest BCUT2D eigenvalue weighted by molar-refractivity contribution is 5.86. The summed E-state index contributed by atoms with van der Waals surface area (Å²) in [6.45, 7) is 1.71. The number of aryl methyl sites for hydroxylation is 1. The molecular weight excluding hydrogens is 275 g/mol. The van der Waals surface area contributed by atoms with Gasteiger partial charge in [-0.3, -0.25) is 0 Å². The van der Waals surface area contributed by atoms with Crippen molar-refractivity contribution >= 4 is 5.97 Å². The van der Waals surface area contributed by atoms with E-state index in [1.54, 1.807) is 6.92 Å². The molecule has 0 unspecified atom stereocenters. The lowest BCUT2D eigenvalue weighted by atomic mass is 10.1. The Balaban J connectivity index is 2.39. The van der Waals surface area contributed by atoms with Crippen LogP contribution in [0.25, 0.3) is 11.5 Å². The van der Waals surface area contributed by atoms with Crippen molar-refractivity contribution in [2.24, 2.45) is 0 Å². The van der Waals surface area contributed by atoms with E-state index in [1.165, 1.54) is 12.1 Å². The molecule has 2 rings (SSSR count). The van der Waals surface area contributed by atoms with E-state index in [2.05, 4.69) is 4.98 Å². The zero-order chi connectivity index (χ0) is 14.9. The molecule has 0 radical (unpaired) electrons. The average Bonchev–Trinajstić information content (AvgIpc) is 2.82. The van der Waals surface area contributed by atoms with Crippen LogP contribution in [0.4, 0.5) is 13.2 Å². The number of alkyl halides is 3. The van der Waals surface area contributed by atoms with Gasteiger partial charge >= 0.3 is 12.1 Å². The fourth-order valence-electron chi connectivity index (χ4n) is 1.68. The number of rotatable bonds is 3. The standard InChI is InChI=1S/C13H10F3NO3/c1-2-9-10(12(18)19)20-11(17-9)7-3-5-8(6-4-7)13(14,15)16/h3-6H,2H2,1H3,(H,18,19). The third kappa shape index (κ3) is 2.66. The Kier molecular flexibility index (Phi) is 3.52. The number of hydrogen-bond donors (Lipinski definition) is 1. The predicted octanol–water partition coefficient (Wildman–Crippen LogP) is 3.62. The van der Waals surface area contributed by atoms with Gasteiger partial charge in [-0.05, 0) is 30.7 Å². The Morgan fingerprint density at radius 3 is 2.30 bits per heavy atom. The minimum atomic E-state index is -4.42. The van der Waals surface area contributed by atoms with E-state index < -0.39 is 17.7 Å². The maximum atomic E-state index is 12.4. The van der Waals surface area contributed by atoms with Crippen molar-refractivity contribution in [3.8, 4) is 11.5 Å². The van der Waals surface area contributed by atoms with Gasteiger partial charge in [-0.1, -0.05) is 6.92 Å². The fourth-order valence-corrected chi connectivity index (χ4v) is 1.68. The van der Waals surface area contributed by atoms with Crippen LogP contribution in [0.5, 0.6) is 0 Å². The number of aromatic nitrogens is 1. The summed E-state index contributed by atoms with van der Waals surface area (Å²) in [5.74, 6) is -1.55. The third-order valence-electron chi connectivity index (χ3n) is 2.69. The minimum absolute atomic E-state index is 0.00651. The van der Waals surface area contributed by atoms with Crippen molar-refractivity contribution < 1.29 is 27.5 Å². The first-order chi connectivity index (χ1) is 9.32. The van der Waals surface area contributed by atoms with Crippen LogP contribution in [0.15, 0.2) is 28.7 Å². The van der Waals surface area contributed by atoms with Gasteiger partial charge in [0.25, 0.3) is 0 Å². The molecule has 1 N–H and O–H groups in total. The van der Waals surface area contributed by atoms with E-state index in [9.17, 15) is 18.0 Å². The molecule has 0 aliphatic heterocycles. The molecule has 0 atom stereocenters. The van der Waals surface area contributed by atoms with E-state index in [1.807, 2.05) is 0 Å². The Bertz CT molecular complexity index is 629. The average molecular weight is 285 g/mol. The molecule has 1 aromatic heterocycles. The highest BCUT2D eigenvalue weighted by Crippen LogP contribution is 2.31. The van der Waals surface area contributed by atoms with Crippen LogP contribution in [-0.4, -0.2) is 16.1 Å². The van der Waals surface area contributed by atoms with Crippen LogP contribution in [0.3, 0.4) is 0 Å².